The van der Waals surface area contributed by atoms with Crippen molar-refractivity contribution in [1.82, 2.24) is 0 Å². The Morgan fingerprint density at radius 3 is 2.76 bits per heavy atom. The van der Waals surface area contributed by atoms with E-state index in [0.717, 1.165) is 14.7 Å². The first-order chi connectivity index (χ1) is 9.99. The van der Waals surface area contributed by atoms with Crippen LogP contribution in [-0.4, -0.2) is 5.91 Å². The number of carbonyl (C=O) groups excluding carboxylic acids is 1. The summed E-state index contributed by atoms with van der Waals surface area (Å²) in [5.74, 6) is -1.15. The molecule has 0 bridgehead atoms. The predicted octanol–water partition coefficient (Wildman–Crippen LogP) is 4.85. The van der Waals surface area contributed by atoms with Crippen molar-refractivity contribution >= 4 is 56.5 Å². The maximum atomic E-state index is 13.0. The molecule has 1 heterocycles. The van der Waals surface area contributed by atoms with Crippen molar-refractivity contribution in [3.63, 3.8) is 0 Å². The summed E-state index contributed by atoms with van der Waals surface area (Å²) < 4.78 is 13.9. The number of benzene rings is 1. The lowest BCUT2D eigenvalue weighted by molar-refractivity contribution is -0.112. The number of anilines is 1. The quantitative estimate of drug-likeness (QED) is 0.606. The molecular formula is C14H7BrClFN2OS. The van der Waals surface area contributed by atoms with Gasteiger partial charge in [0.2, 0.25) is 0 Å². The summed E-state index contributed by atoms with van der Waals surface area (Å²) in [6.07, 6.45) is 1.48. The van der Waals surface area contributed by atoms with Gasteiger partial charge in [0, 0.05) is 10.6 Å². The molecular weight excluding hydrogens is 379 g/mol. The molecule has 1 aromatic heterocycles. The molecule has 0 fully saturated rings. The van der Waals surface area contributed by atoms with Crippen LogP contribution in [0.5, 0.6) is 0 Å². The van der Waals surface area contributed by atoms with E-state index in [-0.39, 0.29) is 10.6 Å². The van der Waals surface area contributed by atoms with Gasteiger partial charge >= 0.3 is 0 Å². The standard InChI is InChI=1S/C14H7BrClFN2OS/c15-13-4-2-10(21-13)5-8(7-18)14(20)19-9-1-3-12(17)11(16)6-9/h1-6H,(H,19,20)/b8-5+. The van der Waals surface area contributed by atoms with Crippen LogP contribution in [0.25, 0.3) is 6.08 Å². The second kappa shape index (κ2) is 6.85. The molecule has 0 spiro atoms. The first-order valence-electron chi connectivity index (χ1n) is 5.63. The highest BCUT2D eigenvalue weighted by molar-refractivity contribution is 9.11. The number of nitriles is 1. The van der Waals surface area contributed by atoms with Gasteiger partial charge in [0.05, 0.1) is 8.81 Å². The fourth-order valence-electron chi connectivity index (χ4n) is 1.47. The largest absolute Gasteiger partial charge is 0.321 e. The first kappa shape index (κ1) is 15.7. The Bertz CT molecular complexity index is 767. The van der Waals surface area contributed by atoms with Crippen molar-refractivity contribution < 1.29 is 9.18 Å². The SMILES string of the molecule is N#C/C(=C\c1ccc(Br)s1)C(=O)Nc1ccc(F)c(Cl)c1. The van der Waals surface area contributed by atoms with Crippen LogP contribution in [0.2, 0.25) is 5.02 Å². The molecule has 0 aliphatic carbocycles. The molecule has 0 atom stereocenters. The zero-order valence-electron chi connectivity index (χ0n) is 10.4. The summed E-state index contributed by atoms with van der Waals surface area (Å²) in [6.45, 7) is 0. The Labute approximate surface area is 137 Å². The molecule has 0 saturated carbocycles. The van der Waals surface area contributed by atoms with Crippen LogP contribution < -0.4 is 5.32 Å². The van der Waals surface area contributed by atoms with Crippen molar-refractivity contribution in [2.75, 3.05) is 5.32 Å². The third-order valence-corrected chi connectivity index (χ3v) is 4.28. The highest BCUT2D eigenvalue weighted by atomic mass is 79.9. The van der Waals surface area contributed by atoms with Gasteiger partial charge in [-0.15, -0.1) is 11.3 Å². The second-order valence-electron chi connectivity index (χ2n) is 3.89. The van der Waals surface area contributed by atoms with E-state index in [1.165, 1.54) is 29.5 Å². The van der Waals surface area contributed by atoms with Crippen LogP contribution >= 0.6 is 38.9 Å². The molecule has 106 valence electrons. The highest BCUT2D eigenvalue weighted by Gasteiger charge is 2.11. The summed E-state index contributed by atoms with van der Waals surface area (Å²) in [4.78, 5) is 12.8. The van der Waals surface area contributed by atoms with Crippen LogP contribution in [0, 0.1) is 17.1 Å². The molecule has 0 aliphatic heterocycles. The third-order valence-electron chi connectivity index (χ3n) is 2.42. The number of rotatable bonds is 3. The van der Waals surface area contributed by atoms with E-state index >= 15 is 0 Å². The molecule has 2 aromatic rings. The fraction of sp³-hybridized carbons (Fsp3) is 0. The van der Waals surface area contributed by atoms with Gasteiger partial charge in [0.15, 0.2) is 0 Å². The number of amides is 1. The molecule has 1 amide bonds. The van der Waals surface area contributed by atoms with Gasteiger partial charge < -0.3 is 5.32 Å². The number of hydrogen-bond acceptors (Lipinski definition) is 3. The van der Waals surface area contributed by atoms with E-state index in [1.54, 1.807) is 6.07 Å². The molecule has 3 nitrogen and oxygen atoms in total. The van der Waals surface area contributed by atoms with Crippen LogP contribution in [0.15, 0.2) is 39.7 Å². The molecule has 2 rings (SSSR count). The maximum absolute atomic E-state index is 13.0. The number of nitrogens with one attached hydrogen (secondary N) is 1. The number of halogens is 3. The van der Waals surface area contributed by atoms with Crippen LogP contribution in [0.4, 0.5) is 10.1 Å². The minimum atomic E-state index is -0.579. The van der Waals surface area contributed by atoms with Gasteiger partial charge in [-0.25, -0.2) is 4.39 Å². The smallest absolute Gasteiger partial charge is 0.266 e. The molecule has 7 heteroatoms. The van der Waals surface area contributed by atoms with Gasteiger partial charge in [-0.2, -0.15) is 5.26 Å². The lowest BCUT2D eigenvalue weighted by atomic mass is 10.2. The van der Waals surface area contributed by atoms with E-state index in [2.05, 4.69) is 21.2 Å². The summed E-state index contributed by atoms with van der Waals surface area (Å²) >= 11 is 10.3. The topological polar surface area (TPSA) is 52.9 Å². The summed E-state index contributed by atoms with van der Waals surface area (Å²) in [5, 5.41) is 11.5. The lowest BCUT2D eigenvalue weighted by Gasteiger charge is -2.04. The van der Waals surface area contributed by atoms with E-state index in [9.17, 15) is 9.18 Å². The molecule has 21 heavy (non-hydrogen) atoms. The van der Waals surface area contributed by atoms with Gasteiger partial charge in [-0.05, 0) is 52.3 Å². The summed E-state index contributed by atoms with van der Waals surface area (Å²) in [7, 11) is 0. The van der Waals surface area contributed by atoms with Gasteiger partial charge in [0.25, 0.3) is 5.91 Å². The third kappa shape index (κ3) is 4.14. The van der Waals surface area contributed by atoms with Crippen LogP contribution in [0.3, 0.4) is 0 Å². The van der Waals surface area contributed by atoms with Gasteiger partial charge in [-0.1, -0.05) is 11.6 Å². The molecule has 0 radical (unpaired) electrons. The van der Waals surface area contributed by atoms with E-state index < -0.39 is 11.7 Å². The average Bonchev–Trinajstić information content (AvgIpc) is 2.85. The van der Waals surface area contributed by atoms with Gasteiger partial charge in [0.1, 0.15) is 17.5 Å². The minimum Gasteiger partial charge on any atom is -0.321 e. The Morgan fingerprint density at radius 2 is 2.19 bits per heavy atom. The molecule has 0 aliphatic rings. The van der Waals surface area contributed by atoms with Crippen LogP contribution in [-0.2, 0) is 4.79 Å². The number of thiophene rings is 1. The Kier molecular flexibility index (Phi) is 5.12. The Morgan fingerprint density at radius 1 is 1.43 bits per heavy atom. The summed E-state index contributed by atoms with van der Waals surface area (Å²) in [5.41, 5.74) is 0.268. The highest BCUT2D eigenvalue weighted by Crippen LogP contribution is 2.24. The number of nitrogens with zero attached hydrogens (tertiary/aromatic N) is 1. The average molecular weight is 386 g/mol. The van der Waals surface area contributed by atoms with E-state index in [0.29, 0.717) is 5.69 Å². The Hall–Kier alpha value is -1.68. The minimum absolute atomic E-state index is 0.0511. The van der Waals surface area contributed by atoms with Crippen molar-refractivity contribution in [3.05, 3.63) is 55.4 Å². The van der Waals surface area contributed by atoms with Crippen molar-refractivity contribution in [3.8, 4) is 6.07 Å². The van der Waals surface area contributed by atoms with E-state index in [1.807, 2.05) is 12.1 Å². The zero-order valence-corrected chi connectivity index (χ0v) is 13.5. The van der Waals surface area contributed by atoms with Crippen molar-refractivity contribution in [1.29, 1.82) is 5.26 Å². The second-order valence-corrected chi connectivity index (χ2v) is 6.80. The monoisotopic (exact) mass is 384 g/mol. The lowest BCUT2D eigenvalue weighted by Crippen LogP contribution is -2.13. The van der Waals surface area contributed by atoms with Gasteiger partial charge in [-0.3, -0.25) is 4.79 Å². The first-order valence-corrected chi connectivity index (χ1v) is 7.62. The summed E-state index contributed by atoms with van der Waals surface area (Å²) in [6, 6.07) is 9.24. The maximum Gasteiger partial charge on any atom is 0.266 e. The molecule has 0 saturated heterocycles. The van der Waals surface area contributed by atoms with Crippen LogP contribution in [0.1, 0.15) is 4.88 Å². The Balaban J connectivity index is 2.19. The molecule has 1 aromatic carbocycles. The predicted molar refractivity (Wildman–Crippen MR) is 85.6 cm³/mol. The normalized spacial score (nSPS) is 11.0. The molecule has 1 N–H and O–H groups in total. The number of hydrogen-bond donors (Lipinski definition) is 1. The number of carbonyl (C=O) groups is 1. The van der Waals surface area contributed by atoms with Crippen molar-refractivity contribution in [2.45, 2.75) is 0 Å². The molecule has 0 unspecified atom stereocenters. The van der Waals surface area contributed by atoms with Crippen molar-refractivity contribution in [2.24, 2.45) is 0 Å². The van der Waals surface area contributed by atoms with E-state index in [4.69, 9.17) is 16.9 Å². The zero-order chi connectivity index (χ0) is 15.4. The fourth-order valence-corrected chi connectivity index (χ4v) is 3.02.